The van der Waals surface area contributed by atoms with Gasteiger partial charge in [0.2, 0.25) is 15.9 Å². The lowest BCUT2D eigenvalue weighted by atomic mass is 10.2. The molecule has 2 fully saturated rings. The number of carbonyl (C=O) groups excluding carboxylic acids is 1. The van der Waals surface area contributed by atoms with Crippen LogP contribution >= 0.6 is 12.4 Å². The van der Waals surface area contributed by atoms with E-state index >= 15 is 0 Å². The number of benzene rings is 1. The predicted octanol–water partition coefficient (Wildman–Crippen LogP) is 0.195. The average molecular weight is 410 g/mol. The molecule has 146 valence electrons. The highest BCUT2D eigenvalue weighted by atomic mass is 35.5. The summed E-state index contributed by atoms with van der Waals surface area (Å²) in [7, 11) is -3.99. The topological polar surface area (TPSA) is 97.0 Å². The van der Waals surface area contributed by atoms with Crippen LogP contribution in [0.3, 0.4) is 0 Å². The Morgan fingerprint density at radius 2 is 1.96 bits per heavy atom. The van der Waals surface area contributed by atoms with Crippen molar-refractivity contribution in [2.75, 3.05) is 51.4 Å². The number of carbonyl (C=O) groups is 1. The third-order valence-corrected chi connectivity index (χ3v) is 5.94. The molecule has 0 bridgehead atoms. The number of rotatable bonds is 4. The van der Waals surface area contributed by atoms with E-state index in [-0.39, 0.29) is 56.9 Å². The van der Waals surface area contributed by atoms with Crippen LogP contribution < -0.4 is 10.6 Å². The van der Waals surface area contributed by atoms with E-state index in [1.54, 1.807) is 0 Å². The van der Waals surface area contributed by atoms with E-state index < -0.39 is 26.8 Å². The molecule has 0 saturated carbocycles. The van der Waals surface area contributed by atoms with Gasteiger partial charge < -0.3 is 20.1 Å². The standard InChI is InChI=1S/C15H20FN3O5S.ClH/c16-12-2-1-11(18-15(20)13-10-24-6-3-17-13)9-14(12)25(21,22)19-4-7-23-8-5-19;/h1-2,9,13,17H,3-8,10H2,(H,18,20);1H. The Kier molecular flexibility index (Phi) is 7.33. The minimum Gasteiger partial charge on any atom is -0.379 e. The molecule has 1 aromatic rings. The number of hydrogen-bond acceptors (Lipinski definition) is 6. The van der Waals surface area contributed by atoms with Crippen LogP contribution in [0.1, 0.15) is 0 Å². The maximum atomic E-state index is 14.1. The summed E-state index contributed by atoms with van der Waals surface area (Å²) in [5.41, 5.74) is 0.214. The van der Waals surface area contributed by atoms with Crippen LogP contribution in [-0.2, 0) is 24.3 Å². The molecule has 1 atom stereocenters. The predicted molar refractivity (Wildman–Crippen MR) is 94.5 cm³/mol. The second kappa shape index (κ2) is 9.07. The maximum absolute atomic E-state index is 14.1. The number of amides is 1. The van der Waals surface area contributed by atoms with Crippen molar-refractivity contribution in [3.8, 4) is 0 Å². The molecular weight excluding hydrogens is 389 g/mol. The first-order valence-corrected chi connectivity index (χ1v) is 9.42. The van der Waals surface area contributed by atoms with E-state index in [9.17, 15) is 17.6 Å². The van der Waals surface area contributed by atoms with Crippen molar-refractivity contribution in [3.63, 3.8) is 0 Å². The molecule has 8 nitrogen and oxygen atoms in total. The maximum Gasteiger partial charge on any atom is 0.246 e. The number of morpholine rings is 2. The van der Waals surface area contributed by atoms with Gasteiger partial charge in [0.25, 0.3) is 0 Å². The minimum atomic E-state index is -3.99. The van der Waals surface area contributed by atoms with Gasteiger partial charge in [0.15, 0.2) is 0 Å². The summed E-state index contributed by atoms with van der Waals surface area (Å²) in [5, 5.41) is 5.59. The van der Waals surface area contributed by atoms with Gasteiger partial charge in [-0.25, -0.2) is 12.8 Å². The largest absolute Gasteiger partial charge is 0.379 e. The first-order valence-electron chi connectivity index (χ1n) is 7.98. The SMILES string of the molecule is Cl.O=C(Nc1ccc(F)c(S(=O)(=O)N2CCOCC2)c1)C1COCCN1. The third-order valence-electron chi connectivity index (χ3n) is 4.02. The monoisotopic (exact) mass is 409 g/mol. The molecule has 2 heterocycles. The van der Waals surface area contributed by atoms with Crippen LogP contribution in [0.5, 0.6) is 0 Å². The van der Waals surface area contributed by atoms with Crippen molar-refractivity contribution in [2.45, 2.75) is 10.9 Å². The highest BCUT2D eigenvalue weighted by Crippen LogP contribution is 2.24. The van der Waals surface area contributed by atoms with Gasteiger partial charge in [0.05, 0.1) is 26.4 Å². The molecule has 11 heteroatoms. The Hall–Kier alpha value is -1.30. The molecule has 0 aliphatic carbocycles. The van der Waals surface area contributed by atoms with Gasteiger partial charge in [-0.3, -0.25) is 4.79 Å². The quantitative estimate of drug-likeness (QED) is 0.737. The number of halogens is 2. The van der Waals surface area contributed by atoms with E-state index in [1.165, 1.54) is 10.4 Å². The van der Waals surface area contributed by atoms with E-state index in [2.05, 4.69) is 10.6 Å². The van der Waals surface area contributed by atoms with Crippen molar-refractivity contribution in [2.24, 2.45) is 0 Å². The molecule has 0 spiro atoms. The van der Waals surface area contributed by atoms with E-state index in [1.807, 2.05) is 0 Å². The molecule has 3 rings (SSSR count). The molecule has 26 heavy (non-hydrogen) atoms. The third kappa shape index (κ3) is 4.70. The number of nitrogens with zero attached hydrogens (tertiary/aromatic N) is 1. The van der Waals surface area contributed by atoms with Crippen LogP contribution in [-0.4, -0.2) is 70.7 Å². The smallest absolute Gasteiger partial charge is 0.246 e. The zero-order chi connectivity index (χ0) is 17.9. The van der Waals surface area contributed by atoms with E-state index in [0.29, 0.717) is 13.2 Å². The Morgan fingerprint density at radius 1 is 1.23 bits per heavy atom. The first-order chi connectivity index (χ1) is 12.0. The van der Waals surface area contributed by atoms with Crippen molar-refractivity contribution >= 4 is 34.0 Å². The summed E-state index contributed by atoms with van der Waals surface area (Å²) in [6.45, 7) is 2.19. The summed E-state index contributed by atoms with van der Waals surface area (Å²) >= 11 is 0. The second-order valence-corrected chi connectivity index (χ2v) is 7.64. The van der Waals surface area contributed by atoms with Crippen molar-refractivity contribution in [1.82, 2.24) is 9.62 Å². The van der Waals surface area contributed by atoms with Crippen molar-refractivity contribution in [3.05, 3.63) is 24.0 Å². The summed E-state index contributed by atoms with van der Waals surface area (Å²) in [4.78, 5) is 11.7. The van der Waals surface area contributed by atoms with Gasteiger partial charge in [-0.15, -0.1) is 12.4 Å². The molecule has 1 aromatic carbocycles. The number of ether oxygens (including phenoxy) is 2. The number of nitrogens with one attached hydrogen (secondary N) is 2. The van der Waals surface area contributed by atoms with Crippen LogP contribution in [0.2, 0.25) is 0 Å². The lowest BCUT2D eigenvalue weighted by Gasteiger charge is -2.26. The highest BCUT2D eigenvalue weighted by Gasteiger charge is 2.29. The Balaban J connectivity index is 0.00000243. The zero-order valence-electron chi connectivity index (χ0n) is 13.9. The summed E-state index contributed by atoms with van der Waals surface area (Å²) in [6, 6.07) is 2.98. The van der Waals surface area contributed by atoms with Gasteiger partial charge >= 0.3 is 0 Å². The Labute approximate surface area is 157 Å². The Morgan fingerprint density at radius 3 is 2.62 bits per heavy atom. The number of anilines is 1. The molecular formula is C15H21ClFN3O5S. The Bertz CT molecular complexity index is 737. The van der Waals surface area contributed by atoms with Crippen molar-refractivity contribution in [1.29, 1.82) is 0 Å². The minimum absolute atomic E-state index is 0. The molecule has 1 amide bonds. The van der Waals surface area contributed by atoms with Crippen molar-refractivity contribution < 1.29 is 27.1 Å². The normalized spacial score (nSPS) is 21.7. The van der Waals surface area contributed by atoms with Gasteiger partial charge in [-0.1, -0.05) is 0 Å². The summed E-state index contributed by atoms with van der Waals surface area (Å²) in [5.74, 6) is -1.22. The summed E-state index contributed by atoms with van der Waals surface area (Å²) in [6.07, 6.45) is 0. The fraction of sp³-hybridized carbons (Fsp3) is 0.533. The molecule has 0 radical (unpaired) electrons. The lowest BCUT2D eigenvalue weighted by molar-refractivity contribution is -0.120. The number of sulfonamides is 1. The van der Waals surface area contributed by atoms with E-state index in [4.69, 9.17) is 9.47 Å². The average Bonchev–Trinajstić information content (AvgIpc) is 2.64. The highest BCUT2D eigenvalue weighted by molar-refractivity contribution is 7.89. The van der Waals surface area contributed by atoms with E-state index in [0.717, 1.165) is 12.1 Å². The van der Waals surface area contributed by atoms with Gasteiger partial charge in [0.1, 0.15) is 16.8 Å². The molecule has 2 aliphatic rings. The zero-order valence-corrected chi connectivity index (χ0v) is 15.6. The molecule has 2 aliphatic heterocycles. The second-order valence-electron chi connectivity index (χ2n) is 5.73. The van der Waals surface area contributed by atoms with Crippen LogP contribution in [0.4, 0.5) is 10.1 Å². The fourth-order valence-corrected chi connectivity index (χ4v) is 4.17. The van der Waals surface area contributed by atoms with Crippen LogP contribution in [0.15, 0.2) is 23.1 Å². The fourth-order valence-electron chi connectivity index (χ4n) is 2.67. The molecule has 2 N–H and O–H groups in total. The van der Waals surface area contributed by atoms with Gasteiger partial charge in [0, 0.05) is 25.3 Å². The van der Waals surface area contributed by atoms with Gasteiger partial charge in [-0.2, -0.15) is 4.31 Å². The van der Waals surface area contributed by atoms with Crippen LogP contribution in [0.25, 0.3) is 0 Å². The van der Waals surface area contributed by atoms with Crippen LogP contribution in [0, 0.1) is 5.82 Å². The number of hydrogen-bond donors (Lipinski definition) is 2. The molecule has 0 aromatic heterocycles. The van der Waals surface area contributed by atoms with Gasteiger partial charge in [-0.05, 0) is 18.2 Å². The first kappa shape index (κ1) is 21.0. The lowest BCUT2D eigenvalue weighted by Crippen LogP contribution is -2.48. The summed E-state index contributed by atoms with van der Waals surface area (Å²) < 4.78 is 50.9. The molecule has 1 unspecified atom stereocenters. The molecule has 2 saturated heterocycles.